The van der Waals surface area contributed by atoms with Gasteiger partial charge in [-0.05, 0) is 37.6 Å². The number of hydrogen-bond donors (Lipinski definition) is 3. The molecule has 104 valence electrons. The lowest BCUT2D eigenvalue weighted by molar-refractivity contribution is -0.115. The highest BCUT2D eigenvalue weighted by atomic mass is 35.5. The molecule has 1 fully saturated rings. The zero-order valence-electron chi connectivity index (χ0n) is 11.1. The van der Waals surface area contributed by atoms with Crippen LogP contribution >= 0.6 is 11.6 Å². The van der Waals surface area contributed by atoms with Crippen molar-refractivity contribution < 1.29 is 4.79 Å². The molecule has 1 aromatic rings. The number of carbonyl (C=O) groups excluding carboxylic acids is 1. The average Bonchev–Trinajstić information content (AvgIpc) is 2.92. The number of carbonyl (C=O) groups is 1. The van der Waals surface area contributed by atoms with Gasteiger partial charge in [-0.1, -0.05) is 18.5 Å². The maximum absolute atomic E-state index is 11.4. The van der Waals surface area contributed by atoms with Crippen molar-refractivity contribution in [2.45, 2.75) is 32.2 Å². The molecule has 1 aliphatic rings. The molecule has 3 N–H and O–H groups in total. The summed E-state index contributed by atoms with van der Waals surface area (Å²) in [7, 11) is 0. The minimum Gasteiger partial charge on any atom is -0.382 e. The molecule has 4 nitrogen and oxygen atoms in total. The topological polar surface area (TPSA) is 53.2 Å². The fraction of sp³-hybridized carbons (Fsp3) is 0.500. The van der Waals surface area contributed by atoms with Gasteiger partial charge in [0.15, 0.2) is 0 Å². The maximum Gasteiger partial charge on any atom is 0.224 e. The Morgan fingerprint density at radius 2 is 2.37 bits per heavy atom. The van der Waals surface area contributed by atoms with Crippen LogP contribution in [0.15, 0.2) is 18.2 Å². The van der Waals surface area contributed by atoms with Crippen molar-refractivity contribution >= 4 is 28.9 Å². The summed E-state index contributed by atoms with van der Waals surface area (Å²) in [5.41, 5.74) is 1.64. The van der Waals surface area contributed by atoms with E-state index in [1.165, 1.54) is 12.8 Å². The van der Waals surface area contributed by atoms with E-state index >= 15 is 0 Å². The molecule has 0 bridgehead atoms. The predicted octanol–water partition coefficient (Wildman–Crippen LogP) is 2.85. The van der Waals surface area contributed by atoms with Crippen LogP contribution in [0, 0.1) is 0 Å². The van der Waals surface area contributed by atoms with Crippen LogP contribution < -0.4 is 16.0 Å². The first kappa shape index (κ1) is 14.2. The van der Waals surface area contributed by atoms with Gasteiger partial charge in [-0.25, -0.2) is 0 Å². The molecule has 0 radical (unpaired) electrons. The highest BCUT2D eigenvalue weighted by Crippen LogP contribution is 2.26. The molecule has 0 spiro atoms. The van der Waals surface area contributed by atoms with Crippen molar-refractivity contribution in [2.24, 2.45) is 0 Å². The van der Waals surface area contributed by atoms with Gasteiger partial charge in [-0.2, -0.15) is 0 Å². The van der Waals surface area contributed by atoms with E-state index in [0.29, 0.717) is 17.5 Å². The van der Waals surface area contributed by atoms with E-state index in [9.17, 15) is 4.79 Å². The second kappa shape index (κ2) is 6.78. The van der Waals surface area contributed by atoms with E-state index in [4.69, 9.17) is 11.6 Å². The zero-order chi connectivity index (χ0) is 13.7. The summed E-state index contributed by atoms with van der Waals surface area (Å²) in [6, 6.07) is 6.00. The second-order valence-electron chi connectivity index (χ2n) is 4.77. The van der Waals surface area contributed by atoms with E-state index in [0.717, 1.165) is 24.5 Å². The van der Waals surface area contributed by atoms with Gasteiger partial charge in [0.25, 0.3) is 0 Å². The van der Waals surface area contributed by atoms with Gasteiger partial charge in [0.1, 0.15) is 0 Å². The molecule has 1 amide bonds. The first-order chi connectivity index (χ1) is 9.19. The Kier molecular flexibility index (Phi) is 5.05. The predicted molar refractivity (Wildman–Crippen MR) is 79.9 cm³/mol. The first-order valence-corrected chi connectivity index (χ1v) is 7.13. The summed E-state index contributed by atoms with van der Waals surface area (Å²) in [6.45, 7) is 3.77. The summed E-state index contributed by atoms with van der Waals surface area (Å²) >= 11 is 6.16. The number of benzene rings is 1. The van der Waals surface area contributed by atoms with Crippen molar-refractivity contribution in [3.63, 3.8) is 0 Å². The standard InChI is InChI=1S/C14H20ClN3O/c1-2-14(19)18-10-5-6-12(15)13(8-10)17-9-11-4-3-7-16-11/h5-6,8,11,16-17H,2-4,7,9H2,1H3,(H,18,19). The summed E-state index contributed by atoms with van der Waals surface area (Å²) in [5, 5.41) is 10.3. The molecule has 5 heteroatoms. The van der Waals surface area contributed by atoms with Gasteiger partial charge in [0.2, 0.25) is 5.91 Å². The Balaban J connectivity index is 1.97. The van der Waals surface area contributed by atoms with Crippen LogP contribution in [-0.2, 0) is 4.79 Å². The molecule has 0 saturated carbocycles. The molecule has 1 heterocycles. The second-order valence-corrected chi connectivity index (χ2v) is 5.18. The highest BCUT2D eigenvalue weighted by molar-refractivity contribution is 6.33. The lowest BCUT2D eigenvalue weighted by Gasteiger charge is -2.15. The highest BCUT2D eigenvalue weighted by Gasteiger charge is 2.14. The SMILES string of the molecule is CCC(=O)Nc1ccc(Cl)c(NCC2CCCN2)c1. The van der Waals surface area contributed by atoms with Crippen molar-refractivity contribution in [3.05, 3.63) is 23.2 Å². The molecule has 1 aliphatic heterocycles. The van der Waals surface area contributed by atoms with Crippen LogP contribution in [0.3, 0.4) is 0 Å². The number of anilines is 2. The van der Waals surface area contributed by atoms with E-state index in [-0.39, 0.29) is 5.91 Å². The molecule has 1 aromatic carbocycles. The van der Waals surface area contributed by atoms with Gasteiger partial charge < -0.3 is 16.0 Å². The summed E-state index contributed by atoms with van der Waals surface area (Å²) < 4.78 is 0. The van der Waals surface area contributed by atoms with Gasteiger partial charge in [0, 0.05) is 24.7 Å². The Morgan fingerprint density at radius 3 is 3.05 bits per heavy atom. The number of nitrogens with one attached hydrogen (secondary N) is 3. The zero-order valence-corrected chi connectivity index (χ0v) is 11.9. The van der Waals surface area contributed by atoms with Crippen LogP contribution in [0.5, 0.6) is 0 Å². The number of rotatable bonds is 5. The molecule has 19 heavy (non-hydrogen) atoms. The largest absolute Gasteiger partial charge is 0.382 e. The van der Waals surface area contributed by atoms with Crippen molar-refractivity contribution in [2.75, 3.05) is 23.7 Å². The fourth-order valence-electron chi connectivity index (χ4n) is 2.15. The normalized spacial score (nSPS) is 18.3. The summed E-state index contributed by atoms with van der Waals surface area (Å²) in [4.78, 5) is 11.4. The molecule has 1 unspecified atom stereocenters. The van der Waals surface area contributed by atoms with Crippen molar-refractivity contribution in [1.82, 2.24) is 5.32 Å². The molecule has 2 rings (SSSR count). The van der Waals surface area contributed by atoms with Crippen LogP contribution in [0.25, 0.3) is 0 Å². The molecule has 1 saturated heterocycles. The minimum absolute atomic E-state index is 0.00531. The molecular formula is C14H20ClN3O. The van der Waals surface area contributed by atoms with Crippen LogP contribution in [0.1, 0.15) is 26.2 Å². The fourth-order valence-corrected chi connectivity index (χ4v) is 2.34. The molecular weight excluding hydrogens is 262 g/mol. The lowest BCUT2D eigenvalue weighted by atomic mass is 10.2. The first-order valence-electron chi connectivity index (χ1n) is 6.75. The molecule has 1 atom stereocenters. The van der Waals surface area contributed by atoms with Gasteiger partial charge in [-0.15, -0.1) is 0 Å². The van der Waals surface area contributed by atoms with E-state index in [1.807, 2.05) is 19.1 Å². The average molecular weight is 282 g/mol. The lowest BCUT2D eigenvalue weighted by Crippen LogP contribution is -2.29. The summed E-state index contributed by atoms with van der Waals surface area (Å²) in [6.07, 6.45) is 2.89. The maximum atomic E-state index is 11.4. The smallest absolute Gasteiger partial charge is 0.224 e. The monoisotopic (exact) mass is 281 g/mol. The van der Waals surface area contributed by atoms with E-state index < -0.39 is 0 Å². The third kappa shape index (κ3) is 4.11. The Hall–Kier alpha value is -1.26. The summed E-state index contributed by atoms with van der Waals surface area (Å²) in [5.74, 6) is 0.00531. The van der Waals surface area contributed by atoms with Crippen LogP contribution in [-0.4, -0.2) is 25.0 Å². The van der Waals surface area contributed by atoms with Crippen LogP contribution in [0.2, 0.25) is 5.02 Å². The molecule has 0 aliphatic carbocycles. The third-order valence-corrected chi connectivity index (χ3v) is 3.60. The number of halogens is 1. The Labute approximate surface area is 118 Å². The van der Waals surface area contributed by atoms with Crippen molar-refractivity contribution in [3.8, 4) is 0 Å². The molecule has 0 aromatic heterocycles. The van der Waals surface area contributed by atoms with Gasteiger partial charge >= 0.3 is 0 Å². The quantitative estimate of drug-likeness (QED) is 0.778. The van der Waals surface area contributed by atoms with Crippen LogP contribution in [0.4, 0.5) is 11.4 Å². The van der Waals surface area contributed by atoms with Crippen molar-refractivity contribution in [1.29, 1.82) is 0 Å². The minimum atomic E-state index is 0.00531. The van der Waals surface area contributed by atoms with Gasteiger partial charge in [0.05, 0.1) is 10.7 Å². The van der Waals surface area contributed by atoms with E-state index in [1.54, 1.807) is 6.07 Å². The third-order valence-electron chi connectivity index (χ3n) is 3.27. The van der Waals surface area contributed by atoms with Gasteiger partial charge in [-0.3, -0.25) is 4.79 Å². The Bertz CT molecular complexity index is 444. The van der Waals surface area contributed by atoms with E-state index in [2.05, 4.69) is 16.0 Å². The number of amides is 1. The number of hydrogen-bond acceptors (Lipinski definition) is 3. The Morgan fingerprint density at radius 1 is 1.53 bits per heavy atom.